The maximum absolute atomic E-state index is 12.9. The van der Waals surface area contributed by atoms with Gasteiger partial charge in [-0.1, -0.05) is 394 Å². The van der Waals surface area contributed by atoms with Gasteiger partial charge in [0.1, 0.15) is 19.8 Å². The number of unbranched alkanes of at least 4 members (excludes halogenated alkanes) is 51. The summed E-state index contributed by atoms with van der Waals surface area (Å²) < 4.78 is 34.9. The van der Waals surface area contributed by atoms with Gasteiger partial charge in [-0.25, -0.2) is 4.57 Å². The summed E-state index contributed by atoms with van der Waals surface area (Å²) in [5.74, 6) is -0.774. The van der Waals surface area contributed by atoms with E-state index in [4.69, 9.17) is 18.5 Å². The normalized spacial score (nSPS) is 13.4. The number of nitrogens with zero attached hydrogens (tertiary/aromatic N) is 1. The van der Waals surface area contributed by atoms with Gasteiger partial charge in [0.2, 0.25) is 0 Å². The number of hydrogen-bond acceptors (Lipinski definition) is 7. The highest BCUT2D eigenvalue weighted by molar-refractivity contribution is 7.47. The number of carbonyl (C=O) groups excluding carboxylic acids is 2. The molecule has 98 heavy (non-hydrogen) atoms. The van der Waals surface area contributed by atoms with E-state index < -0.39 is 26.5 Å². The van der Waals surface area contributed by atoms with Gasteiger partial charge in [0.25, 0.3) is 0 Å². The number of carbonyl (C=O) groups is 2. The van der Waals surface area contributed by atoms with Gasteiger partial charge in [-0.2, -0.15) is 0 Å². The van der Waals surface area contributed by atoms with Crippen molar-refractivity contribution in [3.8, 4) is 0 Å². The van der Waals surface area contributed by atoms with Crippen LogP contribution in [0.4, 0.5) is 0 Å². The number of rotatable bonds is 79. The molecule has 572 valence electrons. The molecule has 0 amide bonds. The third kappa shape index (κ3) is 82.1. The quantitative estimate of drug-likeness (QED) is 0.0211. The number of quaternary nitrogens is 1. The number of hydrogen-bond donors (Lipinski definition) is 1. The summed E-state index contributed by atoms with van der Waals surface area (Å²) in [6.45, 7) is 4.38. The Labute approximate surface area is 609 Å². The summed E-state index contributed by atoms with van der Waals surface area (Å²) in [7, 11) is 1.50. The smallest absolute Gasteiger partial charge is 0.462 e. The summed E-state index contributed by atoms with van der Waals surface area (Å²) in [6.07, 6.45) is 109. The molecule has 0 aliphatic heterocycles. The monoisotopic (exact) mass is 1390 g/mol. The molecule has 0 saturated carbocycles. The van der Waals surface area contributed by atoms with Gasteiger partial charge in [-0.15, -0.1) is 0 Å². The van der Waals surface area contributed by atoms with Crippen molar-refractivity contribution in [2.24, 2.45) is 0 Å². The molecular formula is C88H163NO8P+. The van der Waals surface area contributed by atoms with E-state index >= 15 is 0 Å². The Balaban J connectivity index is 3.88. The lowest BCUT2D eigenvalue weighted by atomic mass is 10.0. The average Bonchev–Trinajstić information content (AvgIpc) is 1.08. The molecule has 0 aromatic rings. The molecule has 0 aromatic carbocycles. The van der Waals surface area contributed by atoms with Crippen LogP contribution in [0, 0.1) is 0 Å². The van der Waals surface area contributed by atoms with Gasteiger partial charge in [0.15, 0.2) is 6.10 Å². The first kappa shape index (κ1) is 95.2. The zero-order valence-corrected chi connectivity index (χ0v) is 66.4. The second kappa shape index (κ2) is 78.3. The molecule has 1 N–H and O–H groups in total. The van der Waals surface area contributed by atoms with Crippen molar-refractivity contribution in [2.75, 3.05) is 47.5 Å². The van der Waals surface area contributed by atoms with E-state index in [1.165, 1.54) is 308 Å². The zero-order chi connectivity index (χ0) is 71.1. The molecule has 0 aliphatic carbocycles. The fraction of sp³-hybridized carbons (Fsp3) is 0.818. The van der Waals surface area contributed by atoms with Gasteiger partial charge < -0.3 is 18.9 Å². The Morgan fingerprint density at radius 2 is 0.582 bits per heavy atom. The number of likely N-dealkylation sites (N-methyl/N-ethyl adjacent to an activating group) is 1. The lowest BCUT2D eigenvalue weighted by Crippen LogP contribution is -2.37. The maximum Gasteiger partial charge on any atom is 0.472 e. The first-order valence-corrected chi connectivity index (χ1v) is 43.8. The number of ether oxygens (including phenoxy) is 2. The summed E-state index contributed by atoms with van der Waals surface area (Å²) in [5, 5.41) is 0. The van der Waals surface area contributed by atoms with Gasteiger partial charge in [-0.3, -0.25) is 18.6 Å². The minimum absolute atomic E-state index is 0.0335. The van der Waals surface area contributed by atoms with E-state index in [1.807, 2.05) is 21.1 Å². The molecule has 0 saturated heterocycles. The molecule has 2 atom stereocenters. The van der Waals surface area contributed by atoms with Crippen LogP contribution < -0.4 is 0 Å². The number of allylic oxidation sites excluding steroid dienone is 14. The minimum Gasteiger partial charge on any atom is -0.462 e. The zero-order valence-electron chi connectivity index (χ0n) is 65.5. The van der Waals surface area contributed by atoms with Crippen molar-refractivity contribution in [3.63, 3.8) is 0 Å². The molecule has 0 heterocycles. The van der Waals surface area contributed by atoms with Gasteiger partial charge in [-0.05, 0) is 89.9 Å². The molecule has 0 aliphatic rings. The van der Waals surface area contributed by atoms with Gasteiger partial charge in [0.05, 0.1) is 27.7 Å². The summed E-state index contributed by atoms with van der Waals surface area (Å²) >= 11 is 0. The molecule has 9 nitrogen and oxygen atoms in total. The van der Waals surface area contributed by atoms with Crippen LogP contribution in [0.3, 0.4) is 0 Å². The van der Waals surface area contributed by atoms with E-state index in [0.29, 0.717) is 23.9 Å². The first-order chi connectivity index (χ1) is 48.0. The Morgan fingerprint density at radius 3 is 0.867 bits per heavy atom. The molecule has 0 radical (unpaired) electrons. The number of phosphoric ester groups is 1. The number of phosphoric acid groups is 1. The molecule has 0 bridgehead atoms. The van der Waals surface area contributed by atoms with Crippen molar-refractivity contribution >= 4 is 19.8 Å². The van der Waals surface area contributed by atoms with Gasteiger partial charge >= 0.3 is 19.8 Å². The minimum atomic E-state index is -4.40. The van der Waals surface area contributed by atoms with E-state index in [2.05, 4.69) is 98.9 Å². The molecule has 0 aromatic heterocycles. The van der Waals surface area contributed by atoms with E-state index in [-0.39, 0.29) is 25.6 Å². The van der Waals surface area contributed by atoms with E-state index in [1.54, 1.807) is 0 Å². The third-order valence-electron chi connectivity index (χ3n) is 18.9. The van der Waals surface area contributed by atoms with Crippen LogP contribution in [0.1, 0.15) is 412 Å². The molecule has 10 heteroatoms. The van der Waals surface area contributed by atoms with Crippen molar-refractivity contribution in [2.45, 2.75) is 418 Å². The second-order valence-corrected chi connectivity index (χ2v) is 31.3. The topological polar surface area (TPSA) is 108 Å². The molecule has 0 fully saturated rings. The Morgan fingerprint density at radius 1 is 0.327 bits per heavy atom. The van der Waals surface area contributed by atoms with Crippen LogP contribution in [0.25, 0.3) is 0 Å². The molecule has 0 rings (SSSR count). The van der Waals surface area contributed by atoms with Crippen LogP contribution in [-0.4, -0.2) is 74.9 Å². The highest BCUT2D eigenvalue weighted by atomic mass is 31.2. The van der Waals surface area contributed by atoms with Crippen molar-refractivity contribution in [1.82, 2.24) is 0 Å². The summed E-state index contributed by atoms with van der Waals surface area (Å²) in [6, 6.07) is 0. The first-order valence-electron chi connectivity index (χ1n) is 42.3. The molecule has 0 spiro atoms. The highest BCUT2D eigenvalue weighted by Gasteiger charge is 2.27. The predicted octanol–water partition coefficient (Wildman–Crippen LogP) is 28.4. The Hall–Kier alpha value is -2.81. The average molecular weight is 1390 g/mol. The van der Waals surface area contributed by atoms with Crippen LogP contribution in [0.2, 0.25) is 0 Å². The van der Waals surface area contributed by atoms with Crippen molar-refractivity contribution in [3.05, 3.63) is 85.1 Å². The maximum atomic E-state index is 12.9. The van der Waals surface area contributed by atoms with Crippen LogP contribution in [0.5, 0.6) is 0 Å². The Bertz CT molecular complexity index is 1930. The van der Waals surface area contributed by atoms with Crippen LogP contribution in [0.15, 0.2) is 85.1 Å². The fourth-order valence-electron chi connectivity index (χ4n) is 12.5. The predicted molar refractivity (Wildman–Crippen MR) is 427 cm³/mol. The fourth-order valence-corrected chi connectivity index (χ4v) is 13.2. The van der Waals surface area contributed by atoms with E-state index in [0.717, 1.165) is 70.6 Å². The standard InChI is InChI=1S/C88H162NO8P/c1-6-8-10-12-14-16-18-20-22-24-26-28-30-32-34-36-38-40-41-42-43-44-45-46-47-49-51-53-55-57-59-61-63-65-67-69-71-73-75-77-79-81-88(91)97-86(85-96-98(92,93)95-83-82-89(3,4)5)84-94-87(90)80-78-76-74-72-70-68-66-64-62-60-58-56-54-52-50-48-39-37-35-33-31-29-27-25-23-21-19-17-15-13-11-9-7-2/h8,10,14,16,19-22,25-28,32,34,86H,6-7,9,11-13,15,17-18,23-24,29-31,33,35-85H2,1-5H3/p+1/b10-8-,16-14-,21-19-,22-20-,27-25-,28-26-,34-32-. The lowest BCUT2D eigenvalue weighted by Gasteiger charge is -2.24. The second-order valence-electron chi connectivity index (χ2n) is 29.8. The number of esters is 2. The summed E-state index contributed by atoms with van der Waals surface area (Å²) in [4.78, 5) is 36.0. The SMILES string of the molecule is CC/C=C\C/C=C\C/C=C\C/C=C\C/C=C\CCCCCCCCCCCCCCCCCCCCCCCCCCCC(=O)OC(COC(=O)CCCCCCCCCCCCCCCCCCCCCCC/C=C\C/C=C\CCCCCCC)COP(=O)(O)OCC[N+](C)(C)C. The van der Waals surface area contributed by atoms with Crippen LogP contribution in [-0.2, 0) is 32.7 Å². The summed E-state index contributed by atoms with van der Waals surface area (Å²) in [5.41, 5.74) is 0. The van der Waals surface area contributed by atoms with Crippen molar-refractivity contribution in [1.29, 1.82) is 0 Å². The molecular weight excluding hydrogens is 1230 g/mol. The van der Waals surface area contributed by atoms with Crippen LogP contribution >= 0.6 is 7.82 Å². The van der Waals surface area contributed by atoms with Crippen molar-refractivity contribution < 1.29 is 42.1 Å². The molecule has 2 unspecified atom stereocenters. The largest absolute Gasteiger partial charge is 0.472 e. The third-order valence-corrected chi connectivity index (χ3v) is 19.9. The Kier molecular flexibility index (Phi) is 76.1. The van der Waals surface area contributed by atoms with E-state index in [9.17, 15) is 19.0 Å². The highest BCUT2D eigenvalue weighted by Crippen LogP contribution is 2.43. The van der Waals surface area contributed by atoms with Gasteiger partial charge in [0, 0.05) is 12.8 Å². The lowest BCUT2D eigenvalue weighted by molar-refractivity contribution is -0.870.